The number of hydrogen-bond acceptors (Lipinski definition) is 6. The van der Waals surface area contributed by atoms with Crippen LogP contribution in [0.2, 0.25) is 5.02 Å². The number of anilines is 3. The number of pyridine rings is 1. The zero-order valence-electron chi connectivity index (χ0n) is 19.3. The molecule has 0 unspecified atom stereocenters. The molecule has 3 N–H and O–H groups in total. The Labute approximate surface area is 212 Å². The van der Waals surface area contributed by atoms with Gasteiger partial charge in [0.05, 0.1) is 12.2 Å². The Morgan fingerprint density at radius 1 is 1.11 bits per heavy atom. The summed E-state index contributed by atoms with van der Waals surface area (Å²) in [6.07, 6.45) is 9.42. The van der Waals surface area contributed by atoms with Crippen molar-refractivity contribution in [2.45, 2.75) is 37.6 Å². The summed E-state index contributed by atoms with van der Waals surface area (Å²) in [6, 6.07) is 11.2. The first-order chi connectivity index (χ1) is 17.6. The van der Waals surface area contributed by atoms with E-state index in [0.29, 0.717) is 47.6 Å². The van der Waals surface area contributed by atoms with Crippen LogP contribution in [0.1, 0.15) is 47.9 Å². The summed E-state index contributed by atoms with van der Waals surface area (Å²) in [5, 5.41) is 9.38. The minimum absolute atomic E-state index is 0.0129. The molecule has 0 bridgehead atoms. The number of aromatic nitrogens is 4. The van der Waals surface area contributed by atoms with Crippen LogP contribution in [-0.4, -0.2) is 31.7 Å². The lowest BCUT2D eigenvalue weighted by atomic mass is 10.1. The fourth-order valence-electron chi connectivity index (χ4n) is 4.59. The number of halogens is 1. The van der Waals surface area contributed by atoms with E-state index in [1.54, 1.807) is 24.3 Å². The van der Waals surface area contributed by atoms with E-state index in [4.69, 9.17) is 11.6 Å². The van der Waals surface area contributed by atoms with Crippen LogP contribution < -0.4 is 16.0 Å². The number of amides is 2. The molecule has 0 radical (unpaired) electrons. The smallest absolute Gasteiger partial charge is 0.229 e. The lowest BCUT2D eigenvalue weighted by molar-refractivity contribution is -0.117. The SMILES string of the molecule is O=CNc1ccc(Cl)cc1[C@H]1C[C@H]1C(=O)Nc1cc(NCc2cn3cc(C4CC4)ccc3n2)ncn1. The van der Waals surface area contributed by atoms with Crippen LogP contribution in [0.5, 0.6) is 0 Å². The van der Waals surface area contributed by atoms with Crippen molar-refractivity contribution in [3.8, 4) is 0 Å². The highest BCUT2D eigenvalue weighted by molar-refractivity contribution is 6.30. The van der Waals surface area contributed by atoms with E-state index in [1.165, 1.54) is 24.7 Å². The molecular formula is C26H24ClN7O2. The van der Waals surface area contributed by atoms with Gasteiger partial charge >= 0.3 is 0 Å². The number of nitrogens with one attached hydrogen (secondary N) is 3. The van der Waals surface area contributed by atoms with E-state index in [1.807, 2.05) is 6.20 Å². The van der Waals surface area contributed by atoms with Crippen LogP contribution in [-0.2, 0) is 16.1 Å². The Balaban J connectivity index is 1.08. The third-order valence-corrected chi connectivity index (χ3v) is 6.93. The molecule has 2 amide bonds. The molecule has 3 heterocycles. The molecule has 0 aliphatic heterocycles. The van der Waals surface area contributed by atoms with Gasteiger partial charge in [-0.25, -0.2) is 15.0 Å². The first-order valence-electron chi connectivity index (χ1n) is 11.9. The summed E-state index contributed by atoms with van der Waals surface area (Å²) < 4.78 is 2.07. The molecule has 2 atom stereocenters. The van der Waals surface area contributed by atoms with Gasteiger partial charge in [0.2, 0.25) is 12.3 Å². The zero-order valence-corrected chi connectivity index (χ0v) is 20.1. The van der Waals surface area contributed by atoms with E-state index in [0.717, 1.165) is 16.9 Å². The summed E-state index contributed by atoms with van der Waals surface area (Å²) >= 11 is 6.14. The molecule has 4 aromatic rings. The third kappa shape index (κ3) is 4.74. The lowest BCUT2D eigenvalue weighted by Gasteiger charge is -2.09. The maximum absolute atomic E-state index is 12.9. The van der Waals surface area contributed by atoms with Crippen molar-refractivity contribution < 1.29 is 9.59 Å². The van der Waals surface area contributed by atoms with Gasteiger partial charge < -0.3 is 20.4 Å². The average molecular weight is 502 g/mol. The van der Waals surface area contributed by atoms with Gasteiger partial charge in [0.15, 0.2) is 0 Å². The number of hydrogen-bond donors (Lipinski definition) is 3. The number of carbonyl (C=O) groups excluding carboxylic acids is 2. The van der Waals surface area contributed by atoms with Gasteiger partial charge in [-0.1, -0.05) is 17.7 Å². The highest BCUT2D eigenvalue weighted by Gasteiger charge is 2.45. The van der Waals surface area contributed by atoms with Crippen LogP contribution in [0.25, 0.3) is 5.65 Å². The molecule has 9 nitrogen and oxygen atoms in total. The fraction of sp³-hybridized carbons (Fsp3) is 0.269. The molecular weight excluding hydrogens is 478 g/mol. The highest BCUT2D eigenvalue weighted by Crippen LogP contribution is 2.50. The molecule has 36 heavy (non-hydrogen) atoms. The van der Waals surface area contributed by atoms with Crippen molar-refractivity contribution in [3.05, 3.63) is 77.0 Å². The number of nitrogens with zero attached hydrogens (tertiary/aromatic N) is 4. The summed E-state index contributed by atoms with van der Waals surface area (Å²) in [7, 11) is 0. The normalized spacial score (nSPS) is 18.6. The Hall–Kier alpha value is -3.98. The van der Waals surface area contributed by atoms with Crippen molar-refractivity contribution in [1.82, 2.24) is 19.4 Å². The lowest BCUT2D eigenvalue weighted by Crippen LogP contribution is -2.16. The number of benzene rings is 1. The van der Waals surface area contributed by atoms with E-state index in [-0.39, 0.29) is 17.7 Å². The van der Waals surface area contributed by atoms with Crippen LogP contribution in [0.3, 0.4) is 0 Å². The van der Waals surface area contributed by atoms with Crippen molar-refractivity contribution in [2.24, 2.45) is 5.92 Å². The number of fused-ring (bicyclic) bond motifs is 1. The number of rotatable bonds is 9. The van der Waals surface area contributed by atoms with Crippen LogP contribution in [0.4, 0.5) is 17.3 Å². The standard InChI is InChI=1S/C26H24ClN7O2/c27-17-4-5-22(31-14-35)20(7-17)19-8-21(19)26(36)33-24-9-23(29-13-30-24)28-10-18-12-34-11-16(15-1-2-15)3-6-25(34)32-18/h3-7,9,11-15,19,21H,1-2,8,10H2,(H,31,35)(H2,28,29,30,33,36)/t19-,21-/m1/s1. The third-order valence-electron chi connectivity index (χ3n) is 6.70. The molecule has 2 aliphatic rings. The molecule has 10 heteroatoms. The summed E-state index contributed by atoms with van der Waals surface area (Å²) in [4.78, 5) is 36.9. The van der Waals surface area contributed by atoms with Gasteiger partial charge in [-0.2, -0.15) is 0 Å². The van der Waals surface area contributed by atoms with Crippen LogP contribution in [0, 0.1) is 5.92 Å². The largest absolute Gasteiger partial charge is 0.364 e. The van der Waals surface area contributed by atoms with Crippen LogP contribution in [0.15, 0.2) is 55.1 Å². The molecule has 2 fully saturated rings. The van der Waals surface area contributed by atoms with Gasteiger partial charge in [-0.15, -0.1) is 0 Å². The summed E-state index contributed by atoms with van der Waals surface area (Å²) in [5.74, 6) is 1.34. The van der Waals surface area contributed by atoms with Gasteiger partial charge in [0, 0.05) is 35.1 Å². The second kappa shape index (κ2) is 9.23. The zero-order chi connectivity index (χ0) is 24.6. The minimum atomic E-state index is -0.222. The predicted molar refractivity (Wildman–Crippen MR) is 137 cm³/mol. The van der Waals surface area contributed by atoms with Crippen LogP contribution >= 0.6 is 11.6 Å². The molecule has 0 saturated heterocycles. The second-order valence-electron chi connectivity index (χ2n) is 9.31. The Morgan fingerprint density at radius 2 is 1.97 bits per heavy atom. The first kappa shape index (κ1) is 22.5. The Bertz CT molecular complexity index is 1470. The average Bonchev–Trinajstić information content (AvgIpc) is 3.80. The maximum atomic E-state index is 12.9. The van der Waals surface area contributed by atoms with Gasteiger partial charge in [-0.05, 0) is 66.5 Å². The van der Waals surface area contributed by atoms with Gasteiger partial charge in [0.25, 0.3) is 0 Å². The molecule has 6 rings (SSSR count). The second-order valence-corrected chi connectivity index (χ2v) is 9.74. The van der Waals surface area contributed by atoms with Gasteiger partial charge in [-0.3, -0.25) is 9.59 Å². The van der Waals surface area contributed by atoms with E-state index in [9.17, 15) is 9.59 Å². The Kier molecular flexibility index (Phi) is 5.77. The molecule has 0 spiro atoms. The molecule has 2 saturated carbocycles. The van der Waals surface area contributed by atoms with E-state index >= 15 is 0 Å². The molecule has 1 aromatic carbocycles. The molecule has 3 aromatic heterocycles. The topological polar surface area (TPSA) is 113 Å². The monoisotopic (exact) mass is 501 g/mol. The highest BCUT2D eigenvalue weighted by atomic mass is 35.5. The quantitative estimate of drug-likeness (QED) is 0.289. The van der Waals surface area contributed by atoms with Crippen molar-refractivity contribution >= 4 is 46.9 Å². The van der Waals surface area contributed by atoms with Gasteiger partial charge in [0.1, 0.15) is 23.6 Å². The minimum Gasteiger partial charge on any atom is -0.364 e. The summed E-state index contributed by atoms with van der Waals surface area (Å²) in [6.45, 7) is 0.497. The van der Waals surface area contributed by atoms with Crippen molar-refractivity contribution in [2.75, 3.05) is 16.0 Å². The first-order valence-corrected chi connectivity index (χ1v) is 12.3. The number of carbonyl (C=O) groups is 2. The molecule has 2 aliphatic carbocycles. The fourth-order valence-corrected chi connectivity index (χ4v) is 4.77. The van der Waals surface area contributed by atoms with Crippen molar-refractivity contribution in [1.29, 1.82) is 0 Å². The van der Waals surface area contributed by atoms with Crippen molar-refractivity contribution in [3.63, 3.8) is 0 Å². The van der Waals surface area contributed by atoms with E-state index in [2.05, 4.69) is 53.6 Å². The number of imidazole rings is 1. The maximum Gasteiger partial charge on any atom is 0.229 e. The predicted octanol–water partition coefficient (Wildman–Crippen LogP) is 4.58. The van der Waals surface area contributed by atoms with E-state index < -0.39 is 0 Å². The molecule has 182 valence electrons. The Morgan fingerprint density at radius 3 is 2.81 bits per heavy atom. The summed E-state index contributed by atoms with van der Waals surface area (Å²) in [5.41, 5.74) is 4.70.